The monoisotopic (exact) mass is 472 g/mol. The van der Waals surface area contributed by atoms with Crippen LogP contribution >= 0.6 is 0 Å². The lowest BCUT2D eigenvalue weighted by atomic mass is 9.80. The zero-order valence-corrected chi connectivity index (χ0v) is 19.7. The average molecular weight is 473 g/mol. The summed E-state index contributed by atoms with van der Waals surface area (Å²) in [6.07, 6.45) is 6.13. The summed E-state index contributed by atoms with van der Waals surface area (Å²) in [7, 11) is 3.21. The second kappa shape index (κ2) is 8.47. The molecule has 174 valence electrons. The maximum atomic E-state index is 11.4. The molecule has 0 aliphatic heterocycles. The van der Waals surface area contributed by atoms with Gasteiger partial charge in [-0.1, -0.05) is 60.7 Å². The summed E-state index contributed by atoms with van der Waals surface area (Å²) in [5.41, 5.74) is 5.86. The van der Waals surface area contributed by atoms with E-state index in [2.05, 4.69) is 46.4 Å². The van der Waals surface area contributed by atoms with Gasteiger partial charge in [-0.25, -0.2) is 9.59 Å². The number of methoxy groups -OCH3 is 2. The van der Waals surface area contributed by atoms with Gasteiger partial charge in [0.25, 0.3) is 0 Å². The first-order chi connectivity index (χ1) is 17.7. The summed E-state index contributed by atoms with van der Waals surface area (Å²) in [5.74, 6) is 1.18. The number of nitrogens with zero attached hydrogens (tertiary/aromatic N) is 2. The number of allylic oxidation sites excluding steroid dienone is 1. The van der Waals surface area contributed by atoms with E-state index in [1.807, 2.05) is 30.3 Å². The minimum atomic E-state index is -0.818. The fraction of sp³-hybridized carbons (Fsp3) is 0.133. The van der Waals surface area contributed by atoms with Crippen LogP contribution in [-0.4, -0.2) is 26.4 Å². The zero-order chi connectivity index (χ0) is 24.8. The SMILES string of the molecule is COC1=CCc2cccc3ccc(-c4ccc5cccc6c5c4C(OC)=C(N=C=O)C6N=C=O)c1c23. The molecule has 2 aliphatic carbocycles. The molecule has 0 amide bonds. The lowest BCUT2D eigenvalue weighted by molar-refractivity contribution is 0.363. The van der Waals surface area contributed by atoms with Crippen LogP contribution in [-0.2, 0) is 25.5 Å². The molecule has 4 aromatic carbocycles. The summed E-state index contributed by atoms with van der Waals surface area (Å²) < 4.78 is 11.7. The van der Waals surface area contributed by atoms with Crippen LogP contribution in [0.3, 0.4) is 0 Å². The van der Waals surface area contributed by atoms with E-state index in [0.717, 1.165) is 61.5 Å². The van der Waals surface area contributed by atoms with Crippen LogP contribution in [0.1, 0.15) is 28.3 Å². The Balaban J connectivity index is 1.79. The molecule has 6 heteroatoms. The molecule has 0 heterocycles. The van der Waals surface area contributed by atoms with Gasteiger partial charge in [0.2, 0.25) is 12.2 Å². The van der Waals surface area contributed by atoms with E-state index in [9.17, 15) is 9.59 Å². The number of hydrogen-bond donors (Lipinski definition) is 0. The highest BCUT2D eigenvalue weighted by Crippen LogP contribution is 2.50. The van der Waals surface area contributed by atoms with Crippen LogP contribution in [0.25, 0.3) is 44.2 Å². The Labute approximate surface area is 206 Å². The molecule has 36 heavy (non-hydrogen) atoms. The predicted octanol–water partition coefficient (Wildman–Crippen LogP) is 6.24. The van der Waals surface area contributed by atoms with Crippen molar-refractivity contribution < 1.29 is 19.1 Å². The molecule has 0 radical (unpaired) electrons. The van der Waals surface area contributed by atoms with Crippen molar-refractivity contribution in [2.45, 2.75) is 12.5 Å². The first-order valence-corrected chi connectivity index (χ1v) is 11.5. The van der Waals surface area contributed by atoms with Gasteiger partial charge in [0.1, 0.15) is 17.5 Å². The fourth-order valence-electron chi connectivity index (χ4n) is 5.64. The molecule has 0 saturated carbocycles. The van der Waals surface area contributed by atoms with Crippen molar-refractivity contribution >= 4 is 45.2 Å². The third-order valence-corrected chi connectivity index (χ3v) is 7.04. The summed E-state index contributed by atoms with van der Waals surface area (Å²) in [6.45, 7) is 0. The number of benzene rings is 4. The third-order valence-electron chi connectivity index (χ3n) is 7.04. The Morgan fingerprint density at radius 2 is 1.53 bits per heavy atom. The quantitative estimate of drug-likeness (QED) is 0.254. The first-order valence-electron chi connectivity index (χ1n) is 11.5. The largest absolute Gasteiger partial charge is 0.496 e. The predicted molar refractivity (Wildman–Crippen MR) is 138 cm³/mol. The van der Waals surface area contributed by atoms with Gasteiger partial charge in [-0.05, 0) is 56.3 Å². The van der Waals surface area contributed by atoms with Crippen molar-refractivity contribution in [2.24, 2.45) is 9.98 Å². The zero-order valence-electron chi connectivity index (χ0n) is 19.7. The standard InChI is InChI=1S/C30H20N2O4/c1-35-23-14-11-18-6-3-5-17-9-12-20(26(23)24(17)18)21-13-10-19-7-4-8-22-25(19)27(21)30(36-2)29(32-16-34)28(22)31-15-33/h3-10,12-14,28H,11H2,1-2H3. The highest BCUT2D eigenvalue weighted by Gasteiger charge is 2.33. The average Bonchev–Trinajstić information content (AvgIpc) is 2.92. The highest BCUT2D eigenvalue weighted by atomic mass is 16.5. The molecule has 1 atom stereocenters. The van der Waals surface area contributed by atoms with Crippen LogP contribution in [0.15, 0.2) is 82.4 Å². The van der Waals surface area contributed by atoms with E-state index < -0.39 is 6.04 Å². The van der Waals surface area contributed by atoms with Gasteiger partial charge < -0.3 is 9.47 Å². The Morgan fingerprint density at radius 1 is 0.806 bits per heavy atom. The van der Waals surface area contributed by atoms with Gasteiger partial charge in [-0.3, -0.25) is 0 Å². The second-order valence-electron chi connectivity index (χ2n) is 8.66. The van der Waals surface area contributed by atoms with Crippen molar-refractivity contribution in [3.63, 3.8) is 0 Å². The van der Waals surface area contributed by atoms with Gasteiger partial charge in [0.05, 0.1) is 14.2 Å². The summed E-state index contributed by atoms with van der Waals surface area (Å²) >= 11 is 0. The van der Waals surface area contributed by atoms with Crippen molar-refractivity contribution in [2.75, 3.05) is 14.2 Å². The Kier molecular flexibility index (Phi) is 5.12. The van der Waals surface area contributed by atoms with E-state index in [4.69, 9.17) is 9.47 Å². The molecule has 1 unspecified atom stereocenters. The summed E-state index contributed by atoms with van der Waals surface area (Å²) in [6, 6.07) is 19.6. The molecular weight excluding hydrogens is 452 g/mol. The van der Waals surface area contributed by atoms with Gasteiger partial charge >= 0.3 is 0 Å². The molecule has 0 spiro atoms. The number of aliphatic imine (C=N–C) groups is 2. The van der Waals surface area contributed by atoms with E-state index in [-0.39, 0.29) is 5.70 Å². The Hall–Kier alpha value is -4.76. The lowest BCUT2D eigenvalue weighted by Gasteiger charge is -2.28. The maximum absolute atomic E-state index is 11.4. The molecular formula is C30H20N2O4. The van der Waals surface area contributed by atoms with Gasteiger partial charge in [-0.2, -0.15) is 9.98 Å². The van der Waals surface area contributed by atoms with Crippen LogP contribution in [0.2, 0.25) is 0 Å². The van der Waals surface area contributed by atoms with Crippen LogP contribution in [0.5, 0.6) is 0 Å². The Morgan fingerprint density at radius 3 is 2.22 bits per heavy atom. The number of hydrogen-bond acceptors (Lipinski definition) is 6. The molecule has 0 bridgehead atoms. The van der Waals surface area contributed by atoms with E-state index in [1.54, 1.807) is 19.3 Å². The van der Waals surface area contributed by atoms with E-state index >= 15 is 0 Å². The number of isocyanates is 2. The lowest BCUT2D eigenvalue weighted by Crippen LogP contribution is -2.12. The number of carbonyl (C=O) groups excluding carboxylic acids is 2. The van der Waals surface area contributed by atoms with Crippen molar-refractivity contribution in [3.05, 3.63) is 94.7 Å². The third kappa shape index (κ3) is 2.99. The molecule has 4 aromatic rings. The van der Waals surface area contributed by atoms with Crippen LogP contribution in [0.4, 0.5) is 0 Å². The summed E-state index contributed by atoms with van der Waals surface area (Å²) in [5, 5.41) is 4.14. The highest BCUT2D eigenvalue weighted by molar-refractivity contribution is 6.08. The fourth-order valence-corrected chi connectivity index (χ4v) is 5.64. The minimum absolute atomic E-state index is 0.223. The molecule has 6 rings (SSSR count). The number of rotatable bonds is 5. The van der Waals surface area contributed by atoms with E-state index in [1.165, 1.54) is 12.7 Å². The van der Waals surface area contributed by atoms with Gasteiger partial charge in [-0.15, -0.1) is 0 Å². The molecule has 0 aromatic heterocycles. The van der Waals surface area contributed by atoms with Gasteiger partial charge in [0.15, 0.2) is 5.76 Å². The smallest absolute Gasteiger partial charge is 0.240 e. The van der Waals surface area contributed by atoms with Crippen molar-refractivity contribution in [3.8, 4) is 11.1 Å². The molecule has 6 nitrogen and oxygen atoms in total. The van der Waals surface area contributed by atoms with E-state index in [0.29, 0.717) is 5.76 Å². The maximum Gasteiger partial charge on any atom is 0.240 e. The molecule has 0 N–H and O–H groups in total. The van der Waals surface area contributed by atoms with Gasteiger partial charge in [0, 0.05) is 11.1 Å². The van der Waals surface area contributed by atoms with Crippen LogP contribution in [0, 0.1) is 0 Å². The minimum Gasteiger partial charge on any atom is -0.496 e. The first kappa shape index (κ1) is 21.8. The topological polar surface area (TPSA) is 77.3 Å². The number of ether oxygens (including phenoxy) is 2. The molecule has 0 saturated heterocycles. The Bertz CT molecular complexity index is 1750. The molecule has 0 fully saturated rings. The second-order valence-corrected chi connectivity index (χ2v) is 8.66. The van der Waals surface area contributed by atoms with Crippen molar-refractivity contribution in [1.82, 2.24) is 0 Å². The van der Waals surface area contributed by atoms with Crippen LogP contribution < -0.4 is 0 Å². The molecule has 2 aliphatic rings. The normalized spacial score (nSPS) is 15.7. The summed E-state index contributed by atoms with van der Waals surface area (Å²) in [4.78, 5) is 30.7. The van der Waals surface area contributed by atoms with Crippen molar-refractivity contribution in [1.29, 1.82) is 0 Å².